The largest absolute Gasteiger partial charge is 0.381 e. The van der Waals surface area contributed by atoms with Crippen LogP contribution < -0.4 is 0 Å². The van der Waals surface area contributed by atoms with E-state index in [4.69, 9.17) is 4.74 Å². The van der Waals surface area contributed by atoms with Crippen LogP contribution in [-0.4, -0.2) is 29.3 Å². The van der Waals surface area contributed by atoms with Crippen molar-refractivity contribution in [3.05, 3.63) is 22.8 Å². The summed E-state index contributed by atoms with van der Waals surface area (Å²) in [6, 6.07) is 3.99. The number of rotatable bonds is 4. The second kappa shape index (κ2) is 6.55. The van der Waals surface area contributed by atoms with Crippen LogP contribution in [0.5, 0.6) is 0 Å². The molecule has 0 aliphatic carbocycles. The molecule has 1 aliphatic rings. The molecule has 0 aromatic carbocycles. The van der Waals surface area contributed by atoms with Gasteiger partial charge in [0, 0.05) is 35.0 Å². The summed E-state index contributed by atoms with van der Waals surface area (Å²) in [4.78, 5) is 4.40. The maximum absolute atomic E-state index is 5.45. The van der Waals surface area contributed by atoms with Crippen molar-refractivity contribution < 1.29 is 4.74 Å². The van der Waals surface area contributed by atoms with E-state index in [0.29, 0.717) is 5.41 Å². The smallest absolute Gasteiger partial charge is 0.110 e. The fraction of sp³-hybridized carbons (Fsp3) is 0.583. The van der Waals surface area contributed by atoms with E-state index in [-0.39, 0.29) is 0 Å². The van der Waals surface area contributed by atoms with Crippen LogP contribution in [0.15, 0.2) is 27.8 Å². The molecule has 0 spiro atoms. The van der Waals surface area contributed by atoms with Crippen LogP contribution in [0.25, 0.3) is 0 Å². The predicted molar refractivity (Wildman–Crippen MR) is 78.9 cm³/mol. The second-order valence-electron chi connectivity index (χ2n) is 4.33. The molecule has 1 aromatic heterocycles. The summed E-state index contributed by atoms with van der Waals surface area (Å²) in [7, 11) is 0. The minimum absolute atomic E-state index is 0.361. The molecule has 17 heavy (non-hydrogen) atoms. The van der Waals surface area contributed by atoms with Crippen LogP contribution >= 0.6 is 43.6 Å². The number of thioether (sulfide) groups is 1. The lowest BCUT2D eigenvalue weighted by molar-refractivity contribution is 0.0374. The zero-order chi connectivity index (χ0) is 12.1. The van der Waals surface area contributed by atoms with Crippen molar-refractivity contribution in [2.75, 3.05) is 24.3 Å². The lowest BCUT2D eigenvalue weighted by Crippen LogP contribution is -2.33. The van der Waals surface area contributed by atoms with Crippen molar-refractivity contribution in [1.29, 1.82) is 0 Å². The Morgan fingerprint density at radius 3 is 2.82 bits per heavy atom. The lowest BCUT2D eigenvalue weighted by Gasteiger charge is -2.35. The van der Waals surface area contributed by atoms with Gasteiger partial charge in [-0.15, -0.1) is 11.8 Å². The maximum Gasteiger partial charge on any atom is 0.110 e. The first-order chi connectivity index (χ1) is 8.26. The number of alkyl halides is 1. The highest BCUT2D eigenvalue weighted by molar-refractivity contribution is 9.10. The van der Waals surface area contributed by atoms with E-state index in [2.05, 4.69) is 36.8 Å². The van der Waals surface area contributed by atoms with Gasteiger partial charge in [0.1, 0.15) is 5.03 Å². The highest BCUT2D eigenvalue weighted by Crippen LogP contribution is 2.38. The van der Waals surface area contributed by atoms with Crippen molar-refractivity contribution in [3.8, 4) is 0 Å². The minimum atomic E-state index is 0.361. The normalized spacial score (nSPS) is 19.2. The van der Waals surface area contributed by atoms with E-state index in [0.717, 1.165) is 46.6 Å². The third-order valence-electron chi connectivity index (χ3n) is 3.08. The average Bonchev–Trinajstić information content (AvgIpc) is 2.39. The summed E-state index contributed by atoms with van der Waals surface area (Å²) in [6.45, 7) is 1.77. The molecule has 0 saturated carbocycles. The molecule has 0 N–H and O–H groups in total. The summed E-state index contributed by atoms with van der Waals surface area (Å²) < 4.78 is 6.53. The molecule has 94 valence electrons. The number of hydrogen-bond donors (Lipinski definition) is 0. The maximum atomic E-state index is 5.45. The van der Waals surface area contributed by atoms with Gasteiger partial charge in [0.05, 0.1) is 0 Å². The van der Waals surface area contributed by atoms with Crippen molar-refractivity contribution in [3.63, 3.8) is 0 Å². The molecular weight excluding hydrogens is 366 g/mol. The molecule has 0 radical (unpaired) electrons. The van der Waals surface area contributed by atoms with Crippen molar-refractivity contribution in [2.45, 2.75) is 17.9 Å². The summed E-state index contributed by atoms with van der Waals surface area (Å²) in [5.41, 5.74) is 0.361. The average molecular weight is 381 g/mol. The van der Waals surface area contributed by atoms with E-state index < -0.39 is 0 Å². The Bertz CT molecular complexity index is 369. The van der Waals surface area contributed by atoms with Crippen molar-refractivity contribution >= 4 is 43.6 Å². The number of pyridine rings is 1. The van der Waals surface area contributed by atoms with Crippen molar-refractivity contribution in [1.82, 2.24) is 4.98 Å². The van der Waals surface area contributed by atoms with Gasteiger partial charge >= 0.3 is 0 Å². The lowest BCUT2D eigenvalue weighted by atomic mass is 9.85. The molecule has 0 bridgehead atoms. The molecule has 2 heterocycles. The van der Waals surface area contributed by atoms with Gasteiger partial charge in [0.15, 0.2) is 0 Å². The van der Waals surface area contributed by atoms with Gasteiger partial charge in [-0.05, 0) is 46.3 Å². The standard InChI is InChI=1S/C12H15Br2NOS/c13-8-12(3-6-16-7-4-12)9-17-11-10(14)2-1-5-15-11/h1-2,5H,3-4,6-9H2. The molecule has 5 heteroatoms. The van der Waals surface area contributed by atoms with Crippen LogP contribution in [0.3, 0.4) is 0 Å². The Morgan fingerprint density at radius 2 is 2.18 bits per heavy atom. The highest BCUT2D eigenvalue weighted by Gasteiger charge is 2.31. The Labute approximate surface area is 123 Å². The first-order valence-electron chi connectivity index (χ1n) is 5.63. The Hall–Kier alpha value is 0.420. The first kappa shape index (κ1) is 13.8. The van der Waals surface area contributed by atoms with Gasteiger partial charge in [-0.2, -0.15) is 0 Å². The molecule has 1 aromatic rings. The van der Waals surface area contributed by atoms with E-state index in [1.165, 1.54) is 0 Å². The topological polar surface area (TPSA) is 22.1 Å². The van der Waals surface area contributed by atoms with E-state index in [9.17, 15) is 0 Å². The molecule has 1 aliphatic heterocycles. The predicted octanol–water partition coefficient (Wildman–Crippen LogP) is 4.13. The summed E-state index contributed by atoms with van der Waals surface area (Å²) >= 11 is 9.03. The van der Waals surface area contributed by atoms with Gasteiger partial charge < -0.3 is 4.74 Å². The fourth-order valence-corrected chi connectivity index (χ4v) is 4.61. The van der Waals surface area contributed by atoms with Crippen LogP contribution in [0.1, 0.15) is 12.8 Å². The van der Waals surface area contributed by atoms with Crippen molar-refractivity contribution in [2.24, 2.45) is 5.41 Å². The van der Waals surface area contributed by atoms with E-state index >= 15 is 0 Å². The Balaban J connectivity index is 1.98. The number of nitrogens with zero attached hydrogens (tertiary/aromatic N) is 1. The molecule has 0 amide bonds. The molecule has 2 rings (SSSR count). The summed E-state index contributed by atoms with van der Waals surface area (Å²) in [5.74, 6) is 1.09. The molecule has 0 atom stereocenters. The SMILES string of the molecule is BrCC1(CSc2ncccc2Br)CCOCC1. The Kier molecular flexibility index (Phi) is 5.33. The zero-order valence-corrected chi connectivity index (χ0v) is 13.5. The van der Waals surface area contributed by atoms with Crippen LogP contribution in [-0.2, 0) is 4.74 Å². The molecule has 1 saturated heterocycles. The number of ether oxygens (including phenoxy) is 1. The molecule has 1 fully saturated rings. The highest BCUT2D eigenvalue weighted by atomic mass is 79.9. The van der Waals surface area contributed by atoms with Crippen LogP contribution in [0.4, 0.5) is 0 Å². The van der Waals surface area contributed by atoms with Gasteiger partial charge in [-0.3, -0.25) is 0 Å². The van der Waals surface area contributed by atoms with Gasteiger partial charge in [-0.25, -0.2) is 4.98 Å². The second-order valence-corrected chi connectivity index (χ2v) is 6.70. The first-order valence-corrected chi connectivity index (χ1v) is 8.53. The van der Waals surface area contributed by atoms with E-state index in [1.807, 2.05) is 30.1 Å². The summed E-state index contributed by atoms with van der Waals surface area (Å²) in [6.07, 6.45) is 4.11. The number of hydrogen-bond acceptors (Lipinski definition) is 3. The zero-order valence-electron chi connectivity index (χ0n) is 9.49. The molecule has 0 unspecified atom stereocenters. The number of aromatic nitrogens is 1. The Morgan fingerprint density at radius 1 is 1.41 bits per heavy atom. The third-order valence-corrected chi connectivity index (χ3v) is 6.52. The fourth-order valence-electron chi connectivity index (χ4n) is 1.82. The number of halogens is 2. The van der Waals surface area contributed by atoms with Gasteiger partial charge in [0.25, 0.3) is 0 Å². The molecular formula is C12H15Br2NOS. The van der Waals surface area contributed by atoms with Gasteiger partial charge in [0.2, 0.25) is 0 Å². The van der Waals surface area contributed by atoms with Crippen LogP contribution in [0.2, 0.25) is 0 Å². The monoisotopic (exact) mass is 379 g/mol. The quantitative estimate of drug-likeness (QED) is 0.579. The molecule has 2 nitrogen and oxygen atoms in total. The third kappa shape index (κ3) is 3.69. The minimum Gasteiger partial charge on any atom is -0.381 e. The van der Waals surface area contributed by atoms with Gasteiger partial charge in [-0.1, -0.05) is 15.9 Å². The van der Waals surface area contributed by atoms with Crippen LogP contribution in [0, 0.1) is 5.41 Å². The van der Waals surface area contributed by atoms with E-state index in [1.54, 1.807) is 0 Å². The summed E-state index contributed by atoms with van der Waals surface area (Å²) in [5, 5.41) is 2.13.